The van der Waals surface area contributed by atoms with Crippen molar-refractivity contribution in [2.45, 2.75) is 32.2 Å². The Morgan fingerprint density at radius 1 is 1.23 bits per heavy atom. The fraction of sp³-hybridized carbons (Fsp3) is 0.333. The van der Waals surface area contributed by atoms with E-state index >= 15 is 0 Å². The second kappa shape index (κ2) is 8.64. The normalized spacial score (nSPS) is 11.8. The predicted molar refractivity (Wildman–Crippen MR) is 113 cm³/mol. The van der Waals surface area contributed by atoms with E-state index in [2.05, 4.69) is 9.97 Å². The van der Waals surface area contributed by atoms with Crippen molar-refractivity contribution in [2.75, 3.05) is 20.8 Å². The monoisotopic (exact) mass is 449 g/mol. The third-order valence-electron chi connectivity index (χ3n) is 4.85. The number of nitrogens with zero attached hydrogens (tertiary/aromatic N) is 2. The van der Waals surface area contributed by atoms with Crippen LogP contribution < -0.4 is 4.74 Å². The summed E-state index contributed by atoms with van der Waals surface area (Å²) >= 11 is 0. The molecule has 0 fully saturated rings. The summed E-state index contributed by atoms with van der Waals surface area (Å²) in [6.45, 7) is 5.01. The Bertz CT molecular complexity index is 1230. The van der Waals surface area contributed by atoms with Crippen LogP contribution in [0.3, 0.4) is 0 Å². The number of aryl methyl sites for hydroxylation is 2. The number of aromatic amines is 1. The van der Waals surface area contributed by atoms with Gasteiger partial charge in [0.2, 0.25) is 10.0 Å². The zero-order valence-electron chi connectivity index (χ0n) is 17.9. The van der Waals surface area contributed by atoms with Gasteiger partial charge in [0.1, 0.15) is 23.0 Å². The van der Waals surface area contributed by atoms with Crippen LogP contribution in [0.1, 0.15) is 34.2 Å². The summed E-state index contributed by atoms with van der Waals surface area (Å²) in [6, 6.07) is 5.86. The number of rotatable bonds is 7. The Balaban J connectivity index is 1.97. The van der Waals surface area contributed by atoms with Gasteiger partial charge in [-0.3, -0.25) is 0 Å². The van der Waals surface area contributed by atoms with Crippen LogP contribution in [0.25, 0.3) is 11.0 Å². The molecule has 0 saturated heterocycles. The van der Waals surface area contributed by atoms with E-state index < -0.39 is 21.8 Å². The number of sulfonamides is 1. The van der Waals surface area contributed by atoms with Gasteiger partial charge in [0.05, 0.1) is 36.2 Å². The molecule has 0 unspecified atom stereocenters. The molecular weight excluding hydrogens is 425 g/mol. The van der Waals surface area contributed by atoms with E-state index in [1.54, 1.807) is 32.9 Å². The van der Waals surface area contributed by atoms with Crippen LogP contribution in [0.4, 0.5) is 4.39 Å². The van der Waals surface area contributed by atoms with Gasteiger partial charge < -0.3 is 14.5 Å². The number of carbonyl (C=O) groups is 1. The van der Waals surface area contributed by atoms with E-state index in [0.29, 0.717) is 22.4 Å². The lowest BCUT2D eigenvalue weighted by molar-refractivity contribution is 0.0523. The molecule has 0 saturated carbocycles. The summed E-state index contributed by atoms with van der Waals surface area (Å²) in [5, 5.41) is 0. The first-order chi connectivity index (χ1) is 14.6. The third kappa shape index (κ3) is 4.26. The molecule has 3 aromatic rings. The molecule has 0 aliphatic rings. The Labute approximate surface area is 180 Å². The molecule has 3 rings (SSSR count). The van der Waals surface area contributed by atoms with Crippen molar-refractivity contribution in [3.8, 4) is 5.75 Å². The number of benzene rings is 2. The van der Waals surface area contributed by atoms with Crippen molar-refractivity contribution in [2.24, 2.45) is 0 Å². The van der Waals surface area contributed by atoms with Crippen molar-refractivity contribution < 1.29 is 27.1 Å². The SMILES string of the molecule is CCOC(=O)c1c(F)ccc2nc(CN(C)S(=O)(=O)c3c(C)cc(OC)cc3C)[nH]c12. The second-order valence-electron chi connectivity index (χ2n) is 7.07. The molecule has 0 spiro atoms. The van der Waals surface area contributed by atoms with Gasteiger partial charge in [-0.2, -0.15) is 4.31 Å². The predicted octanol–water partition coefficient (Wildman–Crippen LogP) is 3.32. The smallest absolute Gasteiger partial charge is 0.343 e. The molecule has 166 valence electrons. The number of carbonyl (C=O) groups excluding carboxylic acids is 1. The van der Waals surface area contributed by atoms with E-state index in [1.807, 2.05) is 0 Å². The number of imidazole rings is 1. The van der Waals surface area contributed by atoms with Gasteiger partial charge in [0, 0.05) is 7.05 Å². The second-order valence-corrected chi connectivity index (χ2v) is 9.05. The lowest BCUT2D eigenvalue weighted by Crippen LogP contribution is -2.28. The maximum atomic E-state index is 14.3. The molecule has 0 amide bonds. The topological polar surface area (TPSA) is 102 Å². The van der Waals surface area contributed by atoms with Crippen molar-refractivity contribution in [1.29, 1.82) is 0 Å². The van der Waals surface area contributed by atoms with Crippen LogP contribution in [-0.2, 0) is 21.3 Å². The number of halogens is 1. The third-order valence-corrected chi connectivity index (χ3v) is 6.96. The number of esters is 1. The van der Waals surface area contributed by atoms with E-state index in [4.69, 9.17) is 9.47 Å². The van der Waals surface area contributed by atoms with Gasteiger partial charge in [-0.05, 0) is 56.2 Å². The number of ether oxygens (including phenoxy) is 2. The van der Waals surface area contributed by atoms with Gasteiger partial charge in [-0.25, -0.2) is 22.6 Å². The van der Waals surface area contributed by atoms with Crippen molar-refractivity contribution in [3.63, 3.8) is 0 Å². The molecular formula is C21H24FN3O5S. The summed E-state index contributed by atoms with van der Waals surface area (Å²) in [4.78, 5) is 19.5. The molecule has 8 nitrogen and oxygen atoms in total. The van der Waals surface area contributed by atoms with Crippen molar-refractivity contribution >= 4 is 27.0 Å². The lowest BCUT2D eigenvalue weighted by Gasteiger charge is -2.19. The number of hydrogen-bond donors (Lipinski definition) is 1. The fourth-order valence-corrected chi connectivity index (χ4v) is 5.00. The molecule has 1 N–H and O–H groups in total. The Morgan fingerprint density at radius 2 is 1.87 bits per heavy atom. The standard InChI is InChI=1S/C21H24FN3O5S/c1-6-30-21(26)18-15(22)7-8-16-19(18)24-17(23-16)11-25(4)31(27,28)20-12(2)9-14(29-5)10-13(20)3/h7-10H,6,11H2,1-5H3,(H,23,24). The van der Waals surface area contributed by atoms with E-state index in [9.17, 15) is 17.6 Å². The molecule has 1 aromatic heterocycles. The summed E-state index contributed by atoms with van der Waals surface area (Å²) in [7, 11) is -0.906. The highest BCUT2D eigenvalue weighted by Crippen LogP contribution is 2.29. The quantitative estimate of drug-likeness (QED) is 0.555. The minimum absolute atomic E-state index is 0.0944. The van der Waals surface area contributed by atoms with E-state index in [1.165, 1.54) is 20.2 Å². The van der Waals surface area contributed by atoms with Crippen LogP contribution in [0.5, 0.6) is 5.75 Å². The van der Waals surface area contributed by atoms with Gasteiger partial charge >= 0.3 is 5.97 Å². The number of H-pyrrole nitrogens is 1. The zero-order valence-corrected chi connectivity index (χ0v) is 18.8. The zero-order chi connectivity index (χ0) is 22.9. The summed E-state index contributed by atoms with van der Waals surface area (Å²) in [5.74, 6) is -0.721. The van der Waals surface area contributed by atoms with E-state index in [-0.39, 0.29) is 35.0 Å². The maximum Gasteiger partial charge on any atom is 0.343 e. The van der Waals surface area contributed by atoms with Gasteiger partial charge in [-0.15, -0.1) is 0 Å². The Kier molecular flexibility index (Phi) is 6.33. The summed E-state index contributed by atoms with van der Waals surface area (Å²) in [6.07, 6.45) is 0. The first-order valence-electron chi connectivity index (χ1n) is 9.56. The number of fused-ring (bicyclic) bond motifs is 1. The van der Waals surface area contributed by atoms with Crippen LogP contribution >= 0.6 is 0 Å². The minimum Gasteiger partial charge on any atom is -0.497 e. The first-order valence-corrected chi connectivity index (χ1v) is 11.0. The van der Waals surface area contributed by atoms with Crippen LogP contribution in [0.15, 0.2) is 29.2 Å². The molecule has 0 aliphatic heterocycles. The van der Waals surface area contributed by atoms with Gasteiger partial charge in [-0.1, -0.05) is 0 Å². The number of methoxy groups -OCH3 is 1. The minimum atomic E-state index is -3.85. The lowest BCUT2D eigenvalue weighted by atomic mass is 10.1. The molecule has 0 atom stereocenters. The molecule has 0 aliphatic carbocycles. The van der Waals surface area contributed by atoms with Gasteiger partial charge in [0.15, 0.2) is 0 Å². The fourth-order valence-electron chi connectivity index (χ4n) is 3.47. The number of nitrogens with one attached hydrogen (secondary N) is 1. The van der Waals surface area contributed by atoms with E-state index in [0.717, 1.165) is 10.4 Å². The van der Waals surface area contributed by atoms with Crippen LogP contribution in [-0.4, -0.2) is 49.4 Å². The van der Waals surface area contributed by atoms with Crippen molar-refractivity contribution in [1.82, 2.24) is 14.3 Å². The first kappa shape index (κ1) is 22.7. The summed E-state index contributed by atoms with van der Waals surface area (Å²) in [5.41, 5.74) is 1.35. The molecule has 10 heteroatoms. The highest BCUT2D eigenvalue weighted by atomic mass is 32.2. The van der Waals surface area contributed by atoms with Crippen LogP contribution in [0, 0.1) is 19.7 Å². The van der Waals surface area contributed by atoms with Crippen molar-refractivity contribution in [3.05, 3.63) is 52.6 Å². The average molecular weight is 450 g/mol. The molecule has 1 heterocycles. The number of aromatic nitrogens is 2. The Hall–Kier alpha value is -2.98. The summed E-state index contributed by atoms with van der Waals surface area (Å²) < 4.78 is 52.0. The molecule has 2 aromatic carbocycles. The molecule has 0 bridgehead atoms. The highest BCUT2D eigenvalue weighted by Gasteiger charge is 2.27. The number of hydrogen-bond acceptors (Lipinski definition) is 6. The van der Waals surface area contributed by atoms with Gasteiger partial charge in [0.25, 0.3) is 0 Å². The highest BCUT2D eigenvalue weighted by molar-refractivity contribution is 7.89. The molecule has 31 heavy (non-hydrogen) atoms. The average Bonchev–Trinajstić information content (AvgIpc) is 3.09. The largest absolute Gasteiger partial charge is 0.497 e. The van der Waals surface area contributed by atoms with Crippen LogP contribution in [0.2, 0.25) is 0 Å². The maximum absolute atomic E-state index is 14.3. The Morgan fingerprint density at radius 3 is 2.45 bits per heavy atom. The molecule has 0 radical (unpaired) electrons.